The van der Waals surface area contributed by atoms with E-state index in [-0.39, 0.29) is 11.9 Å². The molecule has 1 aliphatic rings. The number of esters is 1. The van der Waals surface area contributed by atoms with Crippen molar-refractivity contribution < 1.29 is 9.53 Å². The van der Waals surface area contributed by atoms with Crippen LogP contribution in [-0.4, -0.2) is 26.2 Å². The highest BCUT2D eigenvalue weighted by atomic mass is 16.5. The Hall–Kier alpha value is -1.35. The molecule has 17 heavy (non-hydrogen) atoms. The van der Waals surface area contributed by atoms with Crippen LogP contribution in [-0.2, 0) is 9.53 Å². The first kappa shape index (κ1) is 12.1. The van der Waals surface area contributed by atoms with Crippen molar-refractivity contribution in [2.24, 2.45) is 5.92 Å². The molecule has 0 aliphatic carbocycles. The molecule has 1 aliphatic heterocycles. The summed E-state index contributed by atoms with van der Waals surface area (Å²) < 4.78 is 4.83. The number of hydrogen-bond donors (Lipinski definition) is 1. The van der Waals surface area contributed by atoms with Gasteiger partial charge in [-0.3, -0.25) is 4.79 Å². The summed E-state index contributed by atoms with van der Waals surface area (Å²) in [6, 6.07) is 8.38. The minimum absolute atomic E-state index is 0.0154. The Balaban J connectivity index is 2.12. The topological polar surface area (TPSA) is 38.3 Å². The van der Waals surface area contributed by atoms with E-state index in [2.05, 4.69) is 30.4 Å². The third-order valence-corrected chi connectivity index (χ3v) is 3.51. The molecule has 3 heteroatoms. The zero-order valence-electron chi connectivity index (χ0n) is 10.4. The molecule has 0 unspecified atom stereocenters. The van der Waals surface area contributed by atoms with E-state index in [1.165, 1.54) is 18.2 Å². The van der Waals surface area contributed by atoms with Gasteiger partial charge in [-0.2, -0.15) is 0 Å². The van der Waals surface area contributed by atoms with Crippen LogP contribution in [0.2, 0.25) is 0 Å². The van der Waals surface area contributed by atoms with Crippen LogP contribution in [0.5, 0.6) is 0 Å². The van der Waals surface area contributed by atoms with E-state index in [4.69, 9.17) is 4.74 Å². The quantitative estimate of drug-likeness (QED) is 0.792. The van der Waals surface area contributed by atoms with Gasteiger partial charge in [-0.15, -0.1) is 0 Å². The number of hydrogen-bond acceptors (Lipinski definition) is 3. The lowest BCUT2D eigenvalue weighted by Gasteiger charge is -2.29. The van der Waals surface area contributed by atoms with Crippen molar-refractivity contribution >= 4 is 5.97 Å². The summed E-state index contributed by atoms with van der Waals surface area (Å²) in [7, 11) is 1.46. The predicted molar refractivity (Wildman–Crippen MR) is 66.9 cm³/mol. The Kier molecular flexibility index (Phi) is 3.79. The minimum atomic E-state index is -0.101. The summed E-state index contributed by atoms with van der Waals surface area (Å²) in [6.07, 6.45) is 0.879. The molecule has 1 saturated heterocycles. The second-order valence-electron chi connectivity index (χ2n) is 4.67. The van der Waals surface area contributed by atoms with Crippen LogP contribution in [0.1, 0.15) is 23.5 Å². The number of nitrogens with one attached hydrogen (secondary N) is 1. The Bertz CT molecular complexity index is 403. The van der Waals surface area contributed by atoms with E-state index in [0.29, 0.717) is 5.92 Å². The summed E-state index contributed by atoms with van der Waals surface area (Å²) in [5.74, 6) is 0.295. The van der Waals surface area contributed by atoms with Crippen molar-refractivity contribution in [2.75, 3.05) is 20.2 Å². The fraction of sp³-hybridized carbons (Fsp3) is 0.500. The number of piperidine rings is 1. The van der Waals surface area contributed by atoms with E-state index >= 15 is 0 Å². The second-order valence-corrected chi connectivity index (χ2v) is 4.67. The molecule has 2 rings (SSSR count). The van der Waals surface area contributed by atoms with Gasteiger partial charge in [0.05, 0.1) is 13.0 Å². The van der Waals surface area contributed by atoms with E-state index < -0.39 is 0 Å². The highest BCUT2D eigenvalue weighted by Crippen LogP contribution is 2.28. The lowest BCUT2D eigenvalue weighted by Crippen LogP contribution is -2.39. The fourth-order valence-electron chi connectivity index (χ4n) is 2.57. The average Bonchev–Trinajstić information content (AvgIpc) is 2.38. The maximum atomic E-state index is 11.6. The highest BCUT2D eigenvalue weighted by molar-refractivity contribution is 5.72. The van der Waals surface area contributed by atoms with E-state index in [1.807, 2.05) is 6.07 Å². The third-order valence-electron chi connectivity index (χ3n) is 3.51. The first-order valence-corrected chi connectivity index (χ1v) is 6.06. The molecule has 1 aromatic rings. The van der Waals surface area contributed by atoms with Crippen LogP contribution in [0.3, 0.4) is 0 Å². The van der Waals surface area contributed by atoms with Crippen molar-refractivity contribution in [1.82, 2.24) is 5.32 Å². The van der Waals surface area contributed by atoms with Crippen LogP contribution >= 0.6 is 0 Å². The molecule has 1 heterocycles. The normalized spacial score (nSPS) is 24.4. The maximum Gasteiger partial charge on any atom is 0.309 e. The molecule has 1 fully saturated rings. The molecule has 92 valence electrons. The average molecular weight is 233 g/mol. The second kappa shape index (κ2) is 5.32. The lowest BCUT2D eigenvalue weighted by molar-refractivity contribution is -0.146. The van der Waals surface area contributed by atoms with Crippen LogP contribution < -0.4 is 5.32 Å². The highest BCUT2D eigenvalue weighted by Gasteiger charge is 2.28. The Morgan fingerprint density at radius 1 is 1.35 bits per heavy atom. The molecular formula is C14H19NO2. The summed E-state index contributed by atoms with van der Waals surface area (Å²) in [6.45, 7) is 3.80. The largest absolute Gasteiger partial charge is 0.469 e. The zero-order valence-corrected chi connectivity index (χ0v) is 10.4. The van der Waals surface area contributed by atoms with Gasteiger partial charge >= 0.3 is 5.97 Å². The van der Waals surface area contributed by atoms with Crippen LogP contribution in [0, 0.1) is 12.8 Å². The number of rotatable bonds is 2. The molecule has 1 aromatic carbocycles. The summed E-state index contributed by atoms with van der Waals surface area (Å²) in [4.78, 5) is 11.6. The lowest BCUT2D eigenvalue weighted by atomic mass is 9.84. The molecule has 2 atom stereocenters. The number of carbonyl (C=O) groups is 1. The molecule has 0 radical (unpaired) electrons. The van der Waals surface area contributed by atoms with Crippen LogP contribution in [0.15, 0.2) is 24.3 Å². The smallest absolute Gasteiger partial charge is 0.309 e. The SMILES string of the molecule is COC(=O)[C@H]1CNC[C@@H](c2ccccc2C)C1. The van der Waals surface area contributed by atoms with E-state index in [0.717, 1.165) is 19.5 Å². The van der Waals surface area contributed by atoms with Crippen molar-refractivity contribution in [1.29, 1.82) is 0 Å². The van der Waals surface area contributed by atoms with Crippen LogP contribution in [0.25, 0.3) is 0 Å². The van der Waals surface area contributed by atoms with Crippen molar-refractivity contribution in [3.8, 4) is 0 Å². The minimum Gasteiger partial charge on any atom is -0.469 e. The Morgan fingerprint density at radius 2 is 2.12 bits per heavy atom. The first-order chi connectivity index (χ1) is 8.22. The van der Waals surface area contributed by atoms with Crippen molar-refractivity contribution in [3.63, 3.8) is 0 Å². The number of carbonyl (C=O) groups excluding carboxylic acids is 1. The maximum absolute atomic E-state index is 11.6. The summed E-state index contributed by atoms with van der Waals surface area (Å²) in [5.41, 5.74) is 2.64. The molecule has 0 amide bonds. The molecule has 1 N–H and O–H groups in total. The molecule has 0 saturated carbocycles. The van der Waals surface area contributed by atoms with Crippen molar-refractivity contribution in [2.45, 2.75) is 19.3 Å². The molecule has 0 bridgehead atoms. The predicted octanol–water partition coefficient (Wildman–Crippen LogP) is 1.86. The van der Waals surface area contributed by atoms with Gasteiger partial charge in [0.1, 0.15) is 0 Å². The number of benzene rings is 1. The molecular weight excluding hydrogens is 214 g/mol. The van der Waals surface area contributed by atoms with Gasteiger partial charge in [-0.05, 0) is 30.4 Å². The van der Waals surface area contributed by atoms with Gasteiger partial charge in [-0.1, -0.05) is 24.3 Å². The van der Waals surface area contributed by atoms with Gasteiger partial charge in [0.2, 0.25) is 0 Å². The number of aryl methyl sites for hydroxylation is 1. The Labute approximate surface area is 102 Å². The standard InChI is InChI=1S/C14H19NO2/c1-10-5-3-4-6-13(10)11-7-12(9-15-8-11)14(16)17-2/h3-6,11-12,15H,7-9H2,1-2H3/t11-,12+/m0/s1. The van der Waals surface area contributed by atoms with Gasteiger partial charge in [0, 0.05) is 13.1 Å². The monoisotopic (exact) mass is 233 g/mol. The van der Waals surface area contributed by atoms with E-state index in [1.54, 1.807) is 0 Å². The third kappa shape index (κ3) is 2.67. The zero-order chi connectivity index (χ0) is 12.3. The van der Waals surface area contributed by atoms with Gasteiger partial charge in [-0.25, -0.2) is 0 Å². The van der Waals surface area contributed by atoms with E-state index in [9.17, 15) is 4.79 Å². The van der Waals surface area contributed by atoms with Crippen LogP contribution in [0.4, 0.5) is 0 Å². The Morgan fingerprint density at radius 3 is 2.82 bits per heavy atom. The fourth-order valence-corrected chi connectivity index (χ4v) is 2.57. The molecule has 0 aromatic heterocycles. The molecule has 3 nitrogen and oxygen atoms in total. The summed E-state index contributed by atoms with van der Waals surface area (Å²) >= 11 is 0. The van der Waals surface area contributed by atoms with Gasteiger partial charge in [0.15, 0.2) is 0 Å². The number of ether oxygens (including phenoxy) is 1. The molecule has 0 spiro atoms. The summed E-state index contributed by atoms with van der Waals surface area (Å²) in [5, 5.41) is 3.33. The first-order valence-electron chi connectivity index (χ1n) is 6.06. The van der Waals surface area contributed by atoms with Gasteiger partial charge < -0.3 is 10.1 Å². The van der Waals surface area contributed by atoms with Gasteiger partial charge in [0.25, 0.3) is 0 Å². The number of methoxy groups -OCH3 is 1. The van der Waals surface area contributed by atoms with Crippen molar-refractivity contribution in [3.05, 3.63) is 35.4 Å².